The number of piperidine rings is 1. The third-order valence-electron chi connectivity index (χ3n) is 4.26. The van der Waals surface area contributed by atoms with E-state index in [4.69, 9.17) is 4.74 Å². The molecule has 0 aliphatic carbocycles. The minimum absolute atomic E-state index is 0.0210. The van der Waals surface area contributed by atoms with Crippen molar-refractivity contribution in [3.63, 3.8) is 0 Å². The van der Waals surface area contributed by atoms with Crippen LogP contribution >= 0.6 is 11.3 Å². The molecule has 1 fully saturated rings. The van der Waals surface area contributed by atoms with Gasteiger partial charge in [-0.1, -0.05) is 18.2 Å². The molecular formula is C16H20N2O4S2. The molecule has 3 rings (SSSR count). The van der Waals surface area contributed by atoms with Gasteiger partial charge in [0.25, 0.3) is 0 Å². The van der Waals surface area contributed by atoms with Crippen LogP contribution in [0.5, 0.6) is 0 Å². The predicted molar refractivity (Wildman–Crippen MR) is 94.0 cm³/mol. The molecule has 2 atom stereocenters. The number of methoxy groups -OCH3 is 1. The van der Waals surface area contributed by atoms with Crippen molar-refractivity contribution in [2.75, 3.05) is 13.7 Å². The molecule has 1 aromatic carbocycles. The normalized spacial score (nSPS) is 21.8. The summed E-state index contributed by atoms with van der Waals surface area (Å²) < 4.78 is 34.3. The smallest absolute Gasteiger partial charge is 0.349 e. The van der Waals surface area contributed by atoms with Crippen LogP contribution in [0, 0.1) is 0 Å². The molecule has 0 spiro atoms. The fourth-order valence-corrected chi connectivity index (χ4v) is 6.15. The molecule has 2 aromatic rings. The van der Waals surface area contributed by atoms with E-state index in [1.54, 1.807) is 18.2 Å². The summed E-state index contributed by atoms with van der Waals surface area (Å²) in [6, 6.07) is 6.94. The average molecular weight is 368 g/mol. The quantitative estimate of drug-likeness (QED) is 0.808. The van der Waals surface area contributed by atoms with Crippen LogP contribution in [-0.4, -0.2) is 40.1 Å². The molecule has 8 heteroatoms. The van der Waals surface area contributed by atoms with Crippen molar-refractivity contribution in [2.45, 2.75) is 36.7 Å². The maximum atomic E-state index is 13.0. The van der Waals surface area contributed by atoms with Crippen LogP contribution < -0.4 is 10.0 Å². The molecule has 6 nitrogen and oxygen atoms in total. The van der Waals surface area contributed by atoms with E-state index in [9.17, 15) is 13.2 Å². The number of fused-ring (bicyclic) bond motifs is 1. The zero-order valence-electron chi connectivity index (χ0n) is 13.5. The first kappa shape index (κ1) is 17.3. The Labute approximate surface area is 145 Å². The number of thiophene rings is 1. The maximum Gasteiger partial charge on any atom is 0.349 e. The summed E-state index contributed by atoms with van der Waals surface area (Å²) in [6.07, 6.45) is 1.68. The van der Waals surface area contributed by atoms with Gasteiger partial charge >= 0.3 is 5.97 Å². The van der Waals surface area contributed by atoms with Crippen molar-refractivity contribution in [1.29, 1.82) is 0 Å². The summed E-state index contributed by atoms with van der Waals surface area (Å²) in [5, 5.41) is 3.82. The third-order valence-corrected chi connectivity index (χ3v) is 7.11. The monoisotopic (exact) mass is 368 g/mol. The van der Waals surface area contributed by atoms with Gasteiger partial charge in [-0.25, -0.2) is 17.9 Å². The van der Waals surface area contributed by atoms with Gasteiger partial charge in [-0.3, -0.25) is 0 Å². The van der Waals surface area contributed by atoms with Crippen LogP contribution in [0.25, 0.3) is 10.1 Å². The Balaban J connectivity index is 2.07. The van der Waals surface area contributed by atoms with Crippen LogP contribution in [0.1, 0.15) is 29.4 Å². The number of carbonyl (C=O) groups is 1. The Kier molecular flexibility index (Phi) is 4.91. The largest absolute Gasteiger partial charge is 0.465 e. The van der Waals surface area contributed by atoms with Gasteiger partial charge in [-0.2, -0.15) is 0 Å². The molecule has 1 aliphatic rings. The van der Waals surface area contributed by atoms with Gasteiger partial charge in [0, 0.05) is 22.2 Å². The fraction of sp³-hybridized carbons (Fsp3) is 0.438. The highest BCUT2D eigenvalue weighted by molar-refractivity contribution is 7.90. The number of sulfonamides is 1. The number of esters is 1. The topological polar surface area (TPSA) is 84.5 Å². The second-order valence-corrected chi connectivity index (χ2v) is 8.56. The molecule has 1 aliphatic heterocycles. The molecule has 24 heavy (non-hydrogen) atoms. The molecule has 2 unspecified atom stereocenters. The Morgan fingerprint density at radius 2 is 2.12 bits per heavy atom. The Bertz CT molecular complexity index is 860. The number of ether oxygens (including phenoxy) is 1. The van der Waals surface area contributed by atoms with Crippen molar-refractivity contribution < 1.29 is 17.9 Å². The molecule has 0 saturated carbocycles. The van der Waals surface area contributed by atoms with Gasteiger partial charge in [0.2, 0.25) is 10.0 Å². The van der Waals surface area contributed by atoms with Crippen LogP contribution in [0.15, 0.2) is 29.2 Å². The molecule has 0 bridgehead atoms. The lowest BCUT2D eigenvalue weighted by Gasteiger charge is -2.30. The van der Waals surface area contributed by atoms with Gasteiger partial charge in [-0.15, -0.1) is 11.3 Å². The molecule has 2 heterocycles. The van der Waals surface area contributed by atoms with Crippen LogP contribution in [0.2, 0.25) is 0 Å². The second-order valence-electron chi connectivity index (χ2n) is 5.86. The Hall–Kier alpha value is -1.48. The minimum atomic E-state index is -3.84. The number of benzene rings is 1. The van der Waals surface area contributed by atoms with Crippen LogP contribution in [0.4, 0.5) is 0 Å². The molecular weight excluding hydrogens is 348 g/mol. The lowest BCUT2D eigenvalue weighted by Crippen LogP contribution is -2.51. The predicted octanol–water partition coefficient (Wildman–Crippen LogP) is 2.11. The Morgan fingerprint density at radius 3 is 2.83 bits per heavy atom. The first-order valence-electron chi connectivity index (χ1n) is 7.79. The molecule has 2 N–H and O–H groups in total. The first-order valence-corrected chi connectivity index (χ1v) is 10.1. The van der Waals surface area contributed by atoms with E-state index in [2.05, 4.69) is 10.0 Å². The number of hydrogen-bond donors (Lipinski definition) is 2. The zero-order chi connectivity index (χ0) is 17.3. The van der Waals surface area contributed by atoms with Crippen molar-refractivity contribution in [2.24, 2.45) is 0 Å². The second kappa shape index (κ2) is 6.79. The highest BCUT2D eigenvalue weighted by Gasteiger charge is 2.32. The third kappa shape index (κ3) is 3.19. The summed E-state index contributed by atoms with van der Waals surface area (Å²) >= 11 is 1.14. The van der Waals surface area contributed by atoms with Gasteiger partial charge < -0.3 is 10.1 Å². The molecule has 1 aromatic heterocycles. The van der Waals surface area contributed by atoms with E-state index >= 15 is 0 Å². The highest BCUT2D eigenvalue weighted by atomic mass is 32.2. The van der Waals surface area contributed by atoms with Crippen molar-refractivity contribution in [3.05, 3.63) is 29.1 Å². The number of hydrogen-bond acceptors (Lipinski definition) is 6. The zero-order valence-corrected chi connectivity index (χ0v) is 15.2. The summed E-state index contributed by atoms with van der Waals surface area (Å²) in [6.45, 7) is 2.84. The minimum Gasteiger partial charge on any atom is -0.465 e. The van der Waals surface area contributed by atoms with Gasteiger partial charge in [-0.05, 0) is 32.4 Å². The van der Waals surface area contributed by atoms with Gasteiger partial charge in [0.15, 0.2) is 0 Å². The van der Waals surface area contributed by atoms with E-state index in [1.807, 2.05) is 13.0 Å². The standard InChI is InChI=1S/C16H20N2O4S2/c1-10-12(7-5-9-17-10)18-24(20,21)15-11-6-3-4-8-13(11)23-14(15)16(19)22-2/h3-4,6,8,10,12,17-18H,5,7,9H2,1-2H3. The average Bonchev–Trinajstić information content (AvgIpc) is 2.96. The lowest BCUT2D eigenvalue weighted by molar-refractivity contribution is 0.0602. The van der Waals surface area contributed by atoms with E-state index in [0.717, 1.165) is 35.4 Å². The lowest BCUT2D eigenvalue weighted by atomic mass is 10.0. The summed E-state index contributed by atoms with van der Waals surface area (Å²) in [4.78, 5) is 12.2. The van der Waals surface area contributed by atoms with Crippen LogP contribution in [0.3, 0.4) is 0 Å². The summed E-state index contributed by atoms with van der Waals surface area (Å²) in [5.74, 6) is -0.633. The number of nitrogens with one attached hydrogen (secondary N) is 2. The van der Waals surface area contributed by atoms with Gasteiger partial charge in [0.05, 0.1) is 7.11 Å². The van der Waals surface area contributed by atoms with E-state index in [1.165, 1.54) is 7.11 Å². The first-order chi connectivity index (χ1) is 11.4. The summed E-state index contributed by atoms with van der Waals surface area (Å²) in [5.41, 5.74) is 0. The number of rotatable bonds is 4. The van der Waals surface area contributed by atoms with E-state index < -0.39 is 16.0 Å². The molecule has 1 saturated heterocycles. The van der Waals surface area contributed by atoms with Crippen LogP contribution in [-0.2, 0) is 14.8 Å². The SMILES string of the molecule is COC(=O)c1sc2ccccc2c1S(=O)(=O)NC1CCCNC1C. The Morgan fingerprint density at radius 1 is 1.38 bits per heavy atom. The van der Waals surface area contributed by atoms with Crippen molar-refractivity contribution >= 4 is 37.4 Å². The maximum absolute atomic E-state index is 13.0. The van der Waals surface area contributed by atoms with Crippen molar-refractivity contribution in [1.82, 2.24) is 10.0 Å². The van der Waals surface area contributed by atoms with E-state index in [-0.39, 0.29) is 21.9 Å². The molecule has 0 radical (unpaired) electrons. The van der Waals surface area contributed by atoms with E-state index in [0.29, 0.717) is 5.39 Å². The summed E-state index contributed by atoms with van der Waals surface area (Å²) in [7, 11) is -2.59. The fourth-order valence-electron chi connectivity index (χ4n) is 2.98. The molecule has 130 valence electrons. The van der Waals surface area contributed by atoms with Crippen molar-refractivity contribution in [3.8, 4) is 0 Å². The number of carbonyl (C=O) groups excluding carboxylic acids is 1. The molecule has 0 amide bonds. The highest BCUT2D eigenvalue weighted by Crippen LogP contribution is 2.35. The van der Waals surface area contributed by atoms with Gasteiger partial charge in [0.1, 0.15) is 9.77 Å².